The van der Waals surface area contributed by atoms with Gasteiger partial charge in [-0.15, -0.1) is 0 Å². The highest BCUT2D eigenvalue weighted by Crippen LogP contribution is 2.33. The molecule has 0 aliphatic heterocycles. The van der Waals surface area contributed by atoms with E-state index in [-0.39, 0.29) is 0 Å². The van der Waals surface area contributed by atoms with Crippen molar-refractivity contribution in [1.29, 1.82) is 0 Å². The molecule has 0 aromatic rings. The normalized spacial score (nSPS) is 31.1. The molecule has 0 spiro atoms. The minimum absolute atomic E-state index is 0.315. The summed E-state index contributed by atoms with van der Waals surface area (Å²) in [4.78, 5) is 10.9. The van der Waals surface area contributed by atoms with Crippen LogP contribution in [0.15, 0.2) is 22.7 Å². The average Bonchev–Trinajstić information content (AvgIpc) is 2.00. The molecule has 2 atom stereocenters. The van der Waals surface area contributed by atoms with Crippen LogP contribution in [0.1, 0.15) is 0 Å². The second-order valence-corrected chi connectivity index (χ2v) is 6.29. The van der Waals surface area contributed by atoms with Gasteiger partial charge in [0.15, 0.2) is 16.0 Å². The summed E-state index contributed by atoms with van der Waals surface area (Å²) in [6.07, 6.45) is 1.56. The second-order valence-electron chi connectivity index (χ2n) is 3.16. The zero-order chi connectivity index (χ0) is 11.9. The average molecular weight is 299 g/mol. The monoisotopic (exact) mass is 298 g/mol. The summed E-state index contributed by atoms with van der Waals surface area (Å²) in [5, 5.41) is 8.87. The fourth-order valence-electron chi connectivity index (χ4n) is 1.29. The number of carbonyl (C=O) groups is 1. The number of hydrogen-bond acceptors (Lipinski definition) is 3. The van der Waals surface area contributed by atoms with Gasteiger partial charge in [0, 0.05) is 10.7 Å². The van der Waals surface area contributed by atoms with Crippen LogP contribution in [0.2, 0.25) is 0 Å². The van der Waals surface area contributed by atoms with Crippen LogP contribution in [0.25, 0.3) is 0 Å². The van der Waals surface area contributed by atoms with Gasteiger partial charge in [0.1, 0.15) is 0 Å². The lowest BCUT2D eigenvalue weighted by Gasteiger charge is -2.28. The number of halogens is 2. The fraction of sp³-hybridized carbons (Fsp3) is 0.375. The van der Waals surface area contributed by atoms with E-state index in [2.05, 4.69) is 15.9 Å². The Morgan fingerprint density at radius 2 is 2.20 bits per heavy atom. The lowest BCUT2D eigenvalue weighted by Crippen LogP contribution is -2.52. The predicted octanol–water partition coefficient (Wildman–Crippen LogP) is 1.04. The highest BCUT2D eigenvalue weighted by Gasteiger charge is 2.54. The molecule has 1 N–H and O–H groups in total. The number of rotatable bonds is 2. The Balaban J connectivity index is 3.42. The van der Waals surface area contributed by atoms with Crippen LogP contribution in [0.3, 0.4) is 0 Å². The number of carboxylic acid groups (broad SMARTS) is 1. The molecule has 15 heavy (non-hydrogen) atoms. The van der Waals surface area contributed by atoms with Gasteiger partial charge < -0.3 is 5.11 Å². The van der Waals surface area contributed by atoms with Crippen molar-refractivity contribution in [2.45, 2.75) is 10.9 Å². The first-order valence-corrected chi connectivity index (χ1v) is 6.54. The molecule has 2 unspecified atom stereocenters. The minimum atomic E-state index is -4.09. The molecule has 7 heteroatoms. The van der Waals surface area contributed by atoms with Crippen LogP contribution in [-0.4, -0.2) is 36.7 Å². The Kier molecular flexibility index (Phi) is 3.06. The zero-order valence-electron chi connectivity index (χ0n) is 7.65. The second kappa shape index (κ2) is 3.71. The molecule has 0 amide bonds. The Bertz CT molecular complexity index is 453. The number of hydrogen-bond donors (Lipinski definition) is 1. The third-order valence-corrected chi connectivity index (χ3v) is 4.44. The predicted molar refractivity (Wildman–Crippen MR) is 56.3 cm³/mol. The molecule has 0 bridgehead atoms. The van der Waals surface area contributed by atoms with Crippen molar-refractivity contribution in [3.05, 3.63) is 22.7 Å². The van der Waals surface area contributed by atoms with Crippen molar-refractivity contribution in [3.8, 4) is 0 Å². The summed E-state index contributed by atoms with van der Waals surface area (Å²) in [5.41, 5.74) is 0. The van der Waals surface area contributed by atoms with Gasteiger partial charge in [-0.1, -0.05) is 15.9 Å². The summed E-state index contributed by atoms with van der Waals surface area (Å²) in [6, 6.07) is 0. The van der Waals surface area contributed by atoms with E-state index in [1.807, 2.05) is 0 Å². The van der Waals surface area contributed by atoms with Gasteiger partial charge in [-0.3, -0.25) is 4.79 Å². The molecule has 4 nitrogen and oxygen atoms in total. The van der Waals surface area contributed by atoms with E-state index in [1.165, 1.54) is 6.08 Å². The van der Waals surface area contributed by atoms with Gasteiger partial charge in [0.25, 0.3) is 0 Å². The summed E-state index contributed by atoms with van der Waals surface area (Å²) in [7, 11) is -4.09. The van der Waals surface area contributed by atoms with Crippen molar-refractivity contribution < 1.29 is 22.7 Å². The van der Waals surface area contributed by atoms with Gasteiger partial charge in [0.2, 0.25) is 4.75 Å². The Labute approximate surface area is 94.5 Å². The maximum Gasteiger partial charge on any atom is 0.332 e. The molecule has 1 rings (SSSR count). The van der Waals surface area contributed by atoms with E-state index in [0.717, 1.165) is 12.2 Å². The number of carboxylic acids is 1. The number of allylic oxidation sites excluding steroid dienone is 3. The largest absolute Gasteiger partial charge is 0.480 e. The highest BCUT2D eigenvalue weighted by atomic mass is 79.9. The van der Waals surface area contributed by atoms with Gasteiger partial charge >= 0.3 is 5.97 Å². The molecule has 0 saturated carbocycles. The summed E-state index contributed by atoms with van der Waals surface area (Å²) in [5.74, 6) is -1.72. The molecule has 0 aromatic heterocycles. The standard InChI is InChI=1S/C8H8BrFO4S/c1-15(13,14)8(7(11)12)3-2-5(9)4-6(8)10/h2-4,6H,1H3,(H,11,12). The Morgan fingerprint density at radius 3 is 2.53 bits per heavy atom. The molecule has 0 radical (unpaired) electrons. The molecule has 0 saturated heterocycles. The number of alkyl halides is 1. The van der Waals surface area contributed by atoms with E-state index in [9.17, 15) is 17.6 Å². The van der Waals surface area contributed by atoms with Gasteiger partial charge in [-0.25, -0.2) is 12.8 Å². The van der Waals surface area contributed by atoms with Gasteiger partial charge in [0.05, 0.1) is 0 Å². The first kappa shape index (κ1) is 12.4. The third kappa shape index (κ3) is 1.85. The smallest absolute Gasteiger partial charge is 0.332 e. The lowest BCUT2D eigenvalue weighted by atomic mass is 9.98. The molecular formula is C8H8BrFO4S. The van der Waals surface area contributed by atoms with Crippen LogP contribution in [-0.2, 0) is 14.6 Å². The summed E-state index contributed by atoms with van der Waals surface area (Å²) < 4.78 is 34.1. The van der Waals surface area contributed by atoms with E-state index < -0.39 is 26.7 Å². The van der Waals surface area contributed by atoms with Crippen molar-refractivity contribution in [1.82, 2.24) is 0 Å². The lowest BCUT2D eigenvalue weighted by molar-refractivity contribution is -0.139. The van der Waals surface area contributed by atoms with Crippen molar-refractivity contribution >= 4 is 31.7 Å². The SMILES string of the molecule is CS(=O)(=O)C1(C(=O)O)C=CC(Br)=CC1F. The van der Waals surface area contributed by atoms with Crippen LogP contribution in [0, 0.1) is 0 Å². The topological polar surface area (TPSA) is 71.4 Å². The fourth-order valence-corrected chi connectivity index (χ4v) is 2.76. The van der Waals surface area contributed by atoms with Crippen molar-refractivity contribution in [2.24, 2.45) is 0 Å². The number of sulfone groups is 1. The molecule has 84 valence electrons. The van der Waals surface area contributed by atoms with Crippen LogP contribution in [0.4, 0.5) is 4.39 Å². The third-order valence-electron chi connectivity index (χ3n) is 2.15. The van der Waals surface area contributed by atoms with Gasteiger partial charge in [-0.05, 0) is 18.2 Å². The van der Waals surface area contributed by atoms with Crippen LogP contribution >= 0.6 is 15.9 Å². The summed E-state index contributed by atoms with van der Waals surface area (Å²) in [6.45, 7) is 0. The maximum absolute atomic E-state index is 13.6. The van der Waals surface area contributed by atoms with Gasteiger partial charge in [-0.2, -0.15) is 0 Å². The van der Waals surface area contributed by atoms with Crippen LogP contribution < -0.4 is 0 Å². The van der Waals surface area contributed by atoms with E-state index >= 15 is 0 Å². The zero-order valence-corrected chi connectivity index (χ0v) is 10.0. The van der Waals surface area contributed by atoms with E-state index in [0.29, 0.717) is 10.7 Å². The Morgan fingerprint density at radius 1 is 1.67 bits per heavy atom. The summed E-state index contributed by atoms with van der Waals surface area (Å²) >= 11 is 2.94. The molecule has 0 heterocycles. The maximum atomic E-state index is 13.6. The number of aliphatic carboxylic acids is 1. The molecule has 1 aliphatic carbocycles. The molecule has 0 fully saturated rings. The molecule has 1 aliphatic rings. The Hall–Kier alpha value is -0.690. The van der Waals surface area contributed by atoms with E-state index in [4.69, 9.17) is 5.11 Å². The van der Waals surface area contributed by atoms with Crippen molar-refractivity contribution in [3.63, 3.8) is 0 Å². The van der Waals surface area contributed by atoms with Crippen molar-refractivity contribution in [2.75, 3.05) is 6.26 Å². The first-order valence-electron chi connectivity index (χ1n) is 3.85. The quantitative estimate of drug-likeness (QED) is 0.827. The molecular weight excluding hydrogens is 291 g/mol. The van der Waals surface area contributed by atoms with E-state index in [1.54, 1.807) is 0 Å². The molecule has 0 aromatic carbocycles. The first-order chi connectivity index (χ1) is 6.72. The highest BCUT2D eigenvalue weighted by molar-refractivity contribution is 9.11. The van der Waals surface area contributed by atoms with Crippen LogP contribution in [0.5, 0.6) is 0 Å². The minimum Gasteiger partial charge on any atom is -0.480 e.